The van der Waals surface area contributed by atoms with E-state index in [1.54, 1.807) is 0 Å². The van der Waals surface area contributed by atoms with E-state index in [0.29, 0.717) is 5.92 Å². The summed E-state index contributed by atoms with van der Waals surface area (Å²) < 4.78 is 0. The molecule has 2 atom stereocenters. The molecular formula is C11H13NO3. The van der Waals surface area contributed by atoms with Crippen LogP contribution in [-0.4, -0.2) is 22.2 Å². The van der Waals surface area contributed by atoms with Crippen molar-refractivity contribution in [2.45, 2.75) is 19.4 Å². The molecule has 1 aromatic rings. The second-order valence-corrected chi connectivity index (χ2v) is 3.96. The van der Waals surface area contributed by atoms with Crippen LogP contribution in [0.4, 0.5) is 0 Å². The Labute approximate surface area is 87.6 Å². The summed E-state index contributed by atoms with van der Waals surface area (Å²) in [6, 6.07) is 4.42. The zero-order valence-corrected chi connectivity index (χ0v) is 8.40. The van der Waals surface area contributed by atoms with E-state index in [4.69, 9.17) is 0 Å². The summed E-state index contributed by atoms with van der Waals surface area (Å²) in [4.78, 5) is 11.7. The number of hydrogen-bond acceptors (Lipinski definition) is 3. The molecule has 4 nitrogen and oxygen atoms in total. The number of phenols is 2. The standard InChI is InChI=1S/C11H13NO3/c1-6-5-7(6)12-11(15)10-8(13)3-2-4-9(10)14/h2-4,6-7,13-14H,5H2,1H3,(H,12,15). The number of amides is 1. The Morgan fingerprint density at radius 2 is 1.93 bits per heavy atom. The topological polar surface area (TPSA) is 69.6 Å². The predicted molar refractivity (Wildman–Crippen MR) is 54.8 cm³/mol. The maximum Gasteiger partial charge on any atom is 0.259 e. The van der Waals surface area contributed by atoms with Gasteiger partial charge < -0.3 is 15.5 Å². The van der Waals surface area contributed by atoms with E-state index in [2.05, 4.69) is 5.32 Å². The molecule has 2 unspecified atom stereocenters. The highest BCUT2D eigenvalue weighted by Gasteiger charge is 2.34. The first-order chi connectivity index (χ1) is 7.09. The summed E-state index contributed by atoms with van der Waals surface area (Å²) in [5.41, 5.74) is -0.0448. The van der Waals surface area contributed by atoms with E-state index in [9.17, 15) is 15.0 Å². The Morgan fingerprint density at radius 3 is 2.40 bits per heavy atom. The molecule has 80 valence electrons. The molecule has 0 bridgehead atoms. The van der Waals surface area contributed by atoms with Crippen LogP contribution in [0.1, 0.15) is 23.7 Å². The van der Waals surface area contributed by atoms with Gasteiger partial charge in [-0.15, -0.1) is 0 Å². The molecule has 4 heteroatoms. The summed E-state index contributed by atoms with van der Waals surface area (Å²) in [5.74, 6) is -0.316. The van der Waals surface area contributed by atoms with Crippen LogP contribution < -0.4 is 5.32 Å². The van der Waals surface area contributed by atoms with Crippen LogP contribution in [-0.2, 0) is 0 Å². The van der Waals surface area contributed by atoms with Gasteiger partial charge in [0, 0.05) is 6.04 Å². The van der Waals surface area contributed by atoms with Gasteiger partial charge >= 0.3 is 0 Å². The number of aromatic hydroxyl groups is 2. The summed E-state index contributed by atoms with van der Waals surface area (Å²) in [5, 5.41) is 21.6. The van der Waals surface area contributed by atoms with E-state index in [-0.39, 0.29) is 23.1 Å². The highest BCUT2D eigenvalue weighted by atomic mass is 16.3. The molecule has 1 saturated carbocycles. The normalized spacial score (nSPS) is 23.5. The predicted octanol–water partition coefficient (Wildman–Crippen LogP) is 1.24. The molecule has 3 N–H and O–H groups in total. The highest BCUT2D eigenvalue weighted by molar-refractivity contribution is 5.99. The molecule has 1 fully saturated rings. The Kier molecular flexibility index (Phi) is 2.26. The number of carbonyl (C=O) groups is 1. The third-order valence-corrected chi connectivity index (χ3v) is 2.67. The van der Waals surface area contributed by atoms with Crippen LogP contribution in [0.15, 0.2) is 18.2 Å². The second-order valence-electron chi connectivity index (χ2n) is 3.96. The fourth-order valence-corrected chi connectivity index (χ4v) is 1.52. The zero-order valence-electron chi connectivity index (χ0n) is 8.40. The van der Waals surface area contributed by atoms with Crippen LogP contribution in [0, 0.1) is 5.92 Å². The number of benzene rings is 1. The number of carbonyl (C=O) groups excluding carboxylic acids is 1. The summed E-state index contributed by atoms with van der Waals surface area (Å²) in [7, 11) is 0. The van der Waals surface area contributed by atoms with E-state index < -0.39 is 5.91 Å². The van der Waals surface area contributed by atoms with E-state index in [1.807, 2.05) is 6.92 Å². The van der Waals surface area contributed by atoms with Gasteiger partial charge in [-0.2, -0.15) is 0 Å². The van der Waals surface area contributed by atoms with Crippen LogP contribution in [0.3, 0.4) is 0 Å². The SMILES string of the molecule is CC1CC1NC(=O)c1c(O)cccc1O. The van der Waals surface area contributed by atoms with E-state index in [0.717, 1.165) is 6.42 Å². The first kappa shape index (κ1) is 9.83. The molecule has 0 saturated heterocycles. The lowest BCUT2D eigenvalue weighted by Gasteiger charge is -2.07. The molecule has 1 aliphatic carbocycles. The first-order valence-electron chi connectivity index (χ1n) is 4.91. The third-order valence-electron chi connectivity index (χ3n) is 2.67. The number of phenolic OH excluding ortho intramolecular Hbond substituents is 2. The van der Waals surface area contributed by atoms with Crippen molar-refractivity contribution in [3.63, 3.8) is 0 Å². The lowest BCUT2D eigenvalue weighted by molar-refractivity contribution is 0.0944. The third kappa shape index (κ3) is 1.88. The molecule has 1 aliphatic rings. The van der Waals surface area contributed by atoms with Gasteiger partial charge in [-0.1, -0.05) is 13.0 Å². The minimum atomic E-state index is -0.417. The Balaban J connectivity index is 2.17. The van der Waals surface area contributed by atoms with Crippen molar-refractivity contribution < 1.29 is 15.0 Å². The second kappa shape index (κ2) is 3.46. The monoisotopic (exact) mass is 207 g/mol. The highest BCUT2D eigenvalue weighted by Crippen LogP contribution is 2.31. The average molecular weight is 207 g/mol. The van der Waals surface area contributed by atoms with Crippen molar-refractivity contribution in [3.05, 3.63) is 23.8 Å². The first-order valence-corrected chi connectivity index (χ1v) is 4.91. The van der Waals surface area contributed by atoms with Gasteiger partial charge in [0.15, 0.2) is 0 Å². The summed E-state index contributed by atoms with van der Waals surface area (Å²) in [6.07, 6.45) is 0.958. The Morgan fingerprint density at radius 1 is 1.40 bits per heavy atom. The van der Waals surface area contributed by atoms with Crippen molar-refractivity contribution in [1.82, 2.24) is 5.32 Å². The fraction of sp³-hybridized carbons (Fsp3) is 0.364. The van der Waals surface area contributed by atoms with Crippen molar-refractivity contribution in [2.75, 3.05) is 0 Å². The van der Waals surface area contributed by atoms with Gasteiger partial charge in [0.1, 0.15) is 17.1 Å². The van der Waals surface area contributed by atoms with Crippen molar-refractivity contribution >= 4 is 5.91 Å². The van der Waals surface area contributed by atoms with Crippen molar-refractivity contribution in [2.24, 2.45) is 5.92 Å². The summed E-state index contributed by atoms with van der Waals surface area (Å²) in [6.45, 7) is 2.04. The minimum absolute atomic E-state index is 0.0448. The Hall–Kier alpha value is -1.71. The van der Waals surface area contributed by atoms with E-state index >= 15 is 0 Å². The number of nitrogens with one attached hydrogen (secondary N) is 1. The lowest BCUT2D eigenvalue weighted by Crippen LogP contribution is -2.26. The van der Waals surface area contributed by atoms with Gasteiger partial charge in [-0.25, -0.2) is 0 Å². The maximum atomic E-state index is 11.7. The maximum absolute atomic E-state index is 11.7. The molecule has 0 radical (unpaired) electrons. The summed E-state index contributed by atoms with van der Waals surface area (Å²) >= 11 is 0. The average Bonchev–Trinajstić information content (AvgIpc) is 2.81. The molecule has 15 heavy (non-hydrogen) atoms. The fourth-order valence-electron chi connectivity index (χ4n) is 1.52. The molecular weight excluding hydrogens is 194 g/mol. The van der Waals surface area contributed by atoms with Gasteiger partial charge in [-0.05, 0) is 24.5 Å². The van der Waals surface area contributed by atoms with Crippen molar-refractivity contribution in [1.29, 1.82) is 0 Å². The molecule has 0 aliphatic heterocycles. The number of hydrogen-bond donors (Lipinski definition) is 3. The zero-order chi connectivity index (χ0) is 11.0. The number of rotatable bonds is 2. The molecule has 0 heterocycles. The van der Waals surface area contributed by atoms with Gasteiger partial charge in [0.25, 0.3) is 5.91 Å². The molecule has 0 aromatic heterocycles. The van der Waals surface area contributed by atoms with Crippen LogP contribution in [0.25, 0.3) is 0 Å². The largest absolute Gasteiger partial charge is 0.507 e. The van der Waals surface area contributed by atoms with Crippen LogP contribution >= 0.6 is 0 Å². The minimum Gasteiger partial charge on any atom is -0.507 e. The smallest absolute Gasteiger partial charge is 0.259 e. The van der Waals surface area contributed by atoms with Crippen LogP contribution in [0.5, 0.6) is 11.5 Å². The molecule has 0 spiro atoms. The molecule has 1 amide bonds. The van der Waals surface area contributed by atoms with Gasteiger partial charge in [0.05, 0.1) is 0 Å². The van der Waals surface area contributed by atoms with E-state index in [1.165, 1.54) is 18.2 Å². The molecule has 1 aromatic carbocycles. The quantitative estimate of drug-likeness (QED) is 0.683. The van der Waals surface area contributed by atoms with Crippen molar-refractivity contribution in [3.8, 4) is 11.5 Å². The van der Waals surface area contributed by atoms with Gasteiger partial charge in [-0.3, -0.25) is 4.79 Å². The van der Waals surface area contributed by atoms with Gasteiger partial charge in [0.2, 0.25) is 0 Å². The molecule has 2 rings (SSSR count). The Bertz CT molecular complexity index is 383. The van der Waals surface area contributed by atoms with Crippen LogP contribution in [0.2, 0.25) is 0 Å². The lowest BCUT2D eigenvalue weighted by atomic mass is 10.1.